The molecule has 1 fully saturated rings. The molecule has 0 aliphatic carbocycles. The van der Waals surface area contributed by atoms with Crippen LogP contribution in [-0.2, 0) is 20.8 Å². The van der Waals surface area contributed by atoms with Crippen LogP contribution in [0.15, 0.2) is 66.7 Å². The van der Waals surface area contributed by atoms with Crippen molar-refractivity contribution in [1.82, 2.24) is 10.2 Å². The van der Waals surface area contributed by atoms with Crippen molar-refractivity contribution in [3.63, 3.8) is 0 Å². The van der Waals surface area contributed by atoms with E-state index < -0.39 is 23.9 Å². The van der Waals surface area contributed by atoms with E-state index in [4.69, 9.17) is 14.2 Å². The Labute approximate surface area is 298 Å². The van der Waals surface area contributed by atoms with Crippen LogP contribution in [0.1, 0.15) is 85.1 Å². The van der Waals surface area contributed by atoms with Gasteiger partial charge in [0, 0.05) is 43.6 Å². The fraction of sp³-hybridized carbons (Fsp3) is 0.410. The molecule has 51 heavy (non-hydrogen) atoms. The van der Waals surface area contributed by atoms with Gasteiger partial charge < -0.3 is 34.9 Å². The Balaban J connectivity index is 1.29. The predicted octanol–water partition coefficient (Wildman–Crippen LogP) is 5.89. The Kier molecular flexibility index (Phi) is 14.4. The minimum atomic E-state index is -1.27. The zero-order valence-electron chi connectivity index (χ0n) is 29.4. The smallest absolute Gasteiger partial charge is 0.343 e. The summed E-state index contributed by atoms with van der Waals surface area (Å²) in [6, 6.07) is 16.3. The van der Waals surface area contributed by atoms with Gasteiger partial charge in [-0.2, -0.15) is 0 Å². The van der Waals surface area contributed by atoms with Crippen LogP contribution in [-0.4, -0.2) is 72.5 Å². The van der Waals surface area contributed by atoms with E-state index in [0.29, 0.717) is 55.1 Å². The second-order valence-electron chi connectivity index (χ2n) is 12.6. The number of esters is 1. The lowest BCUT2D eigenvalue weighted by Crippen LogP contribution is -2.42. The second-order valence-corrected chi connectivity index (χ2v) is 12.6. The van der Waals surface area contributed by atoms with Gasteiger partial charge >= 0.3 is 11.9 Å². The molecule has 0 bridgehead atoms. The van der Waals surface area contributed by atoms with E-state index in [1.165, 1.54) is 51.5 Å². The Hall–Kier alpha value is -5.39. The highest BCUT2D eigenvalue weighted by atomic mass is 16.6. The number of likely N-dealkylation sites (tertiary alicyclic amines) is 1. The van der Waals surface area contributed by atoms with Crippen molar-refractivity contribution in [1.29, 1.82) is 0 Å². The summed E-state index contributed by atoms with van der Waals surface area (Å²) in [4.78, 5) is 64.0. The number of piperidine rings is 1. The first-order chi connectivity index (χ1) is 24.6. The highest BCUT2D eigenvalue weighted by Gasteiger charge is 2.26. The lowest BCUT2D eigenvalue weighted by molar-refractivity contribution is -0.139. The molecule has 0 radical (unpaired) electrons. The number of carbonyl (C=O) groups is 5. The van der Waals surface area contributed by atoms with Crippen LogP contribution in [0.5, 0.6) is 17.2 Å². The summed E-state index contributed by atoms with van der Waals surface area (Å²) in [5.41, 5.74) is 1.58. The third-order valence-electron chi connectivity index (χ3n) is 8.81. The number of hydrogen-bond acceptors (Lipinski definition) is 8. The van der Waals surface area contributed by atoms with Crippen molar-refractivity contribution in [2.75, 3.05) is 32.1 Å². The minimum Gasteiger partial charge on any atom is -0.494 e. The topological polar surface area (TPSA) is 161 Å². The third kappa shape index (κ3) is 11.6. The number of nitrogens with one attached hydrogen (secondary N) is 2. The van der Waals surface area contributed by atoms with Crippen LogP contribution in [0, 0.1) is 5.92 Å². The van der Waals surface area contributed by atoms with Crippen LogP contribution in [0.3, 0.4) is 0 Å². The minimum absolute atomic E-state index is 0.00381. The van der Waals surface area contributed by atoms with E-state index in [1.807, 2.05) is 0 Å². The summed E-state index contributed by atoms with van der Waals surface area (Å²) in [7, 11) is 1.41. The molecule has 1 aliphatic heterocycles. The lowest BCUT2D eigenvalue weighted by atomic mass is 9.96. The Morgan fingerprint density at radius 3 is 2.16 bits per heavy atom. The number of carboxylic acids is 1. The fourth-order valence-electron chi connectivity index (χ4n) is 5.75. The normalized spacial score (nSPS) is 13.5. The number of aliphatic carboxylic acids is 1. The number of nitrogens with zero attached hydrogens (tertiary/aromatic N) is 1. The largest absolute Gasteiger partial charge is 0.494 e. The molecule has 4 rings (SSSR count). The summed E-state index contributed by atoms with van der Waals surface area (Å²) in [5, 5.41) is 15.3. The molecule has 12 nitrogen and oxygen atoms in total. The highest BCUT2D eigenvalue weighted by molar-refractivity contribution is 5.98. The van der Waals surface area contributed by atoms with Crippen molar-refractivity contribution in [3.05, 3.63) is 83.4 Å². The Bertz CT molecular complexity index is 1650. The average Bonchev–Trinajstić information content (AvgIpc) is 3.13. The molecule has 1 saturated heterocycles. The molecule has 0 aromatic heterocycles. The van der Waals surface area contributed by atoms with E-state index >= 15 is 0 Å². The molecule has 0 spiro atoms. The van der Waals surface area contributed by atoms with E-state index in [0.717, 1.165) is 12.8 Å². The van der Waals surface area contributed by atoms with Crippen molar-refractivity contribution in [2.24, 2.45) is 5.92 Å². The van der Waals surface area contributed by atoms with Crippen molar-refractivity contribution >= 4 is 35.3 Å². The molecule has 3 N–H and O–H groups in total. The molecule has 12 heteroatoms. The maximum Gasteiger partial charge on any atom is 0.343 e. The molecule has 3 aromatic rings. The molecule has 0 saturated carbocycles. The van der Waals surface area contributed by atoms with Gasteiger partial charge in [0.25, 0.3) is 5.91 Å². The monoisotopic (exact) mass is 701 g/mol. The van der Waals surface area contributed by atoms with Gasteiger partial charge in [-0.3, -0.25) is 14.4 Å². The summed E-state index contributed by atoms with van der Waals surface area (Å²) >= 11 is 0. The number of ether oxygens (including phenoxy) is 3. The summed E-state index contributed by atoms with van der Waals surface area (Å²) < 4.78 is 16.8. The molecule has 1 atom stereocenters. The number of amides is 3. The van der Waals surface area contributed by atoms with Crippen LogP contribution in [0.4, 0.5) is 5.69 Å². The number of carbonyl (C=O) groups excluding carboxylic acids is 4. The van der Waals surface area contributed by atoms with Crippen molar-refractivity contribution in [2.45, 2.75) is 71.3 Å². The van der Waals surface area contributed by atoms with Crippen LogP contribution in [0.25, 0.3) is 0 Å². The first-order valence-electron chi connectivity index (χ1n) is 17.4. The number of methoxy groups -OCH3 is 1. The number of carboxylic acid groups (broad SMARTS) is 1. The van der Waals surface area contributed by atoms with Crippen LogP contribution >= 0.6 is 0 Å². The molecular formula is C39H47N3O9. The molecule has 272 valence electrons. The molecule has 1 aliphatic rings. The van der Waals surface area contributed by atoms with Gasteiger partial charge in [0.05, 0.1) is 19.3 Å². The van der Waals surface area contributed by atoms with E-state index in [-0.39, 0.29) is 41.2 Å². The number of benzene rings is 3. The Morgan fingerprint density at radius 2 is 1.53 bits per heavy atom. The van der Waals surface area contributed by atoms with Gasteiger partial charge in [0.15, 0.2) is 11.5 Å². The first kappa shape index (κ1) is 38.4. The fourth-order valence-corrected chi connectivity index (χ4v) is 5.75. The summed E-state index contributed by atoms with van der Waals surface area (Å²) in [6.45, 7) is 5.37. The molecule has 1 heterocycles. The predicted molar refractivity (Wildman–Crippen MR) is 191 cm³/mol. The average molecular weight is 702 g/mol. The van der Waals surface area contributed by atoms with Crippen LogP contribution in [0.2, 0.25) is 0 Å². The number of hydrogen-bond donors (Lipinski definition) is 3. The molecule has 3 aromatic carbocycles. The molecule has 1 unspecified atom stereocenters. The van der Waals surface area contributed by atoms with Gasteiger partial charge in [0.1, 0.15) is 11.8 Å². The van der Waals surface area contributed by atoms with Crippen molar-refractivity contribution in [3.8, 4) is 17.2 Å². The number of rotatable bonds is 17. The second kappa shape index (κ2) is 19.1. The van der Waals surface area contributed by atoms with Gasteiger partial charge in [-0.25, -0.2) is 9.59 Å². The summed E-state index contributed by atoms with van der Waals surface area (Å²) in [5.74, 6) is -1.75. The van der Waals surface area contributed by atoms with Crippen LogP contribution < -0.4 is 24.8 Å². The maximum atomic E-state index is 13.0. The van der Waals surface area contributed by atoms with Gasteiger partial charge in [-0.15, -0.1) is 0 Å². The highest BCUT2D eigenvalue weighted by Crippen LogP contribution is 2.30. The van der Waals surface area contributed by atoms with Gasteiger partial charge in [-0.1, -0.05) is 38.7 Å². The van der Waals surface area contributed by atoms with E-state index in [9.17, 15) is 29.1 Å². The SMILES string of the molecule is CCCCCCCOc1ccc(C(=O)Oc2ccc(CC(NC(=O)c3ccc(NC(=O)C4CCN(C(C)=O)CC4)cc3)C(=O)O)cc2OC)cc1. The van der Waals surface area contributed by atoms with Crippen molar-refractivity contribution < 1.29 is 43.3 Å². The summed E-state index contributed by atoms with van der Waals surface area (Å²) in [6.07, 6.45) is 6.78. The first-order valence-corrected chi connectivity index (χ1v) is 17.4. The third-order valence-corrected chi connectivity index (χ3v) is 8.81. The van der Waals surface area contributed by atoms with E-state index in [2.05, 4.69) is 17.6 Å². The number of unbranched alkanes of at least 4 members (excludes halogenated alkanes) is 4. The zero-order valence-corrected chi connectivity index (χ0v) is 29.4. The number of anilines is 1. The zero-order chi connectivity index (χ0) is 36.8. The standard InChI is InChI=1S/C39H47N3O9/c1-4-5-6-7-8-23-50-32-16-12-30(13-17-32)39(48)51-34-18-9-27(25-35(34)49-3)24-33(38(46)47)41-37(45)28-10-14-31(15-11-28)40-36(44)29-19-21-42(22-20-29)26(2)43/h9-18,25,29,33H,4-8,19-24H2,1-3H3,(H,40,44)(H,41,45)(H,46,47). The van der Waals surface area contributed by atoms with Gasteiger partial charge in [0.2, 0.25) is 11.8 Å². The van der Waals surface area contributed by atoms with E-state index in [1.54, 1.807) is 53.4 Å². The van der Waals surface area contributed by atoms with Gasteiger partial charge in [-0.05, 0) is 85.5 Å². The quantitative estimate of drug-likeness (QED) is 0.0886. The molecular weight excluding hydrogens is 654 g/mol. The lowest BCUT2D eigenvalue weighted by Gasteiger charge is -2.30. The molecule has 3 amide bonds. The maximum absolute atomic E-state index is 13.0. The Morgan fingerprint density at radius 1 is 0.863 bits per heavy atom.